The van der Waals surface area contributed by atoms with Crippen LogP contribution in [0.4, 0.5) is 0 Å². The molecule has 0 saturated heterocycles. The summed E-state index contributed by atoms with van der Waals surface area (Å²) in [7, 11) is 0. The maximum Gasteiger partial charge on any atom is 0.188 e. The molecule has 0 aliphatic rings. The summed E-state index contributed by atoms with van der Waals surface area (Å²) < 4.78 is 0. The molecule has 0 unspecified atom stereocenters. The first-order valence-corrected chi connectivity index (χ1v) is 17.6. The highest BCUT2D eigenvalue weighted by Gasteiger charge is 2.11. The first-order chi connectivity index (χ1) is 22.8. The molecule has 0 fully saturated rings. The van der Waals surface area contributed by atoms with E-state index in [1.54, 1.807) is 53.9 Å². The Hall–Kier alpha value is -4.30. The molecule has 6 heterocycles. The van der Waals surface area contributed by atoms with Gasteiger partial charge in [0.2, 0.25) is 0 Å². The molecule has 230 valence electrons. The van der Waals surface area contributed by atoms with Crippen LogP contribution in [0.1, 0.15) is 0 Å². The molecule has 0 N–H and O–H groups in total. The van der Waals surface area contributed by atoms with Crippen molar-refractivity contribution in [3.05, 3.63) is 110 Å². The van der Waals surface area contributed by atoms with Crippen molar-refractivity contribution in [2.75, 3.05) is 36.9 Å². The predicted octanol–water partition coefficient (Wildman–Crippen LogP) is 6.22. The van der Waals surface area contributed by atoms with E-state index in [4.69, 9.17) is 15.0 Å². The molecule has 46 heavy (non-hydrogen) atoms. The maximum atomic E-state index is 4.75. The maximum absolute atomic E-state index is 4.75. The van der Waals surface area contributed by atoms with E-state index in [0.29, 0.717) is 0 Å². The summed E-state index contributed by atoms with van der Waals surface area (Å²) in [5.74, 6) is 2.56. The number of rotatable bonds is 15. The van der Waals surface area contributed by atoms with E-state index in [-0.39, 0.29) is 0 Å². The Bertz CT molecular complexity index is 1590. The number of thioether (sulfide) groups is 3. The Morgan fingerprint density at radius 3 is 1.09 bits per heavy atom. The minimum atomic E-state index is 0.756. The molecular weight excluding hydrogens is 633 g/mol. The molecule has 0 aliphatic carbocycles. The fourth-order valence-electron chi connectivity index (χ4n) is 4.39. The molecule has 0 spiro atoms. The third-order valence-electron chi connectivity index (χ3n) is 6.69. The van der Waals surface area contributed by atoms with Crippen molar-refractivity contribution in [1.82, 2.24) is 49.8 Å². The van der Waals surface area contributed by atoms with Crippen molar-refractivity contribution in [2.45, 2.75) is 15.5 Å². The van der Waals surface area contributed by atoms with Crippen LogP contribution in [0.5, 0.6) is 0 Å². The van der Waals surface area contributed by atoms with Crippen LogP contribution in [0.25, 0.3) is 33.8 Å². The van der Waals surface area contributed by atoms with Crippen molar-refractivity contribution in [3.8, 4) is 33.8 Å². The van der Waals surface area contributed by atoms with Crippen LogP contribution < -0.4 is 0 Å². The SMILES string of the molecule is c1cncc(-c2ccnc(SCCN(CCSc3nccc(-c4cccnc4)n3)CCSc3nccc(-c4cccnc4)n3)n2)c1. The van der Waals surface area contributed by atoms with Gasteiger partial charge in [0, 0.05) is 109 Å². The van der Waals surface area contributed by atoms with Crippen LogP contribution >= 0.6 is 35.3 Å². The lowest BCUT2D eigenvalue weighted by atomic mass is 10.2. The van der Waals surface area contributed by atoms with Gasteiger partial charge in [-0.25, -0.2) is 29.9 Å². The Morgan fingerprint density at radius 2 is 0.783 bits per heavy atom. The number of aromatic nitrogens is 9. The number of hydrogen-bond acceptors (Lipinski definition) is 13. The van der Waals surface area contributed by atoms with Gasteiger partial charge in [-0.15, -0.1) is 0 Å². The lowest BCUT2D eigenvalue weighted by Crippen LogP contribution is -2.31. The van der Waals surface area contributed by atoms with Crippen molar-refractivity contribution < 1.29 is 0 Å². The minimum absolute atomic E-state index is 0.756. The van der Waals surface area contributed by atoms with Crippen LogP contribution in [0.2, 0.25) is 0 Å². The van der Waals surface area contributed by atoms with Crippen LogP contribution in [0.15, 0.2) is 126 Å². The van der Waals surface area contributed by atoms with E-state index in [1.807, 2.05) is 91.8 Å². The lowest BCUT2D eigenvalue weighted by molar-refractivity contribution is 0.329. The van der Waals surface area contributed by atoms with Gasteiger partial charge in [0.25, 0.3) is 0 Å². The summed E-state index contributed by atoms with van der Waals surface area (Å²) in [6.45, 7) is 2.62. The average Bonchev–Trinajstić information content (AvgIpc) is 3.13. The predicted molar refractivity (Wildman–Crippen MR) is 184 cm³/mol. The fraction of sp³-hybridized carbons (Fsp3) is 0.182. The molecule has 0 aromatic carbocycles. The Labute approximate surface area is 280 Å². The normalized spacial score (nSPS) is 11.2. The van der Waals surface area contributed by atoms with Gasteiger partial charge in [0.15, 0.2) is 15.5 Å². The molecule has 6 rings (SSSR count). The molecule has 6 aromatic heterocycles. The second kappa shape index (κ2) is 16.9. The van der Waals surface area contributed by atoms with Gasteiger partial charge in [-0.3, -0.25) is 15.0 Å². The number of pyridine rings is 3. The van der Waals surface area contributed by atoms with Gasteiger partial charge in [0.1, 0.15) is 0 Å². The van der Waals surface area contributed by atoms with E-state index in [1.165, 1.54) is 0 Å². The number of hydrogen-bond donors (Lipinski definition) is 0. The Morgan fingerprint density at radius 1 is 0.435 bits per heavy atom. The first-order valence-electron chi connectivity index (χ1n) is 14.6. The average molecular weight is 663 g/mol. The molecule has 0 saturated carbocycles. The molecule has 0 amide bonds. The third kappa shape index (κ3) is 9.36. The van der Waals surface area contributed by atoms with E-state index >= 15 is 0 Å². The molecule has 0 atom stereocenters. The fourth-order valence-corrected chi connectivity index (χ4v) is 6.88. The summed E-state index contributed by atoms with van der Waals surface area (Å²) in [5, 5.41) is 2.27. The van der Waals surface area contributed by atoms with E-state index in [9.17, 15) is 0 Å². The highest BCUT2D eigenvalue weighted by molar-refractivity contribution is 7.99. The van der Waals surface area contributed by atoms with E-state index in [2.05, 4.69) is 34.8 Å². The van der Waals surface area contributed by atoms with Crippen LogP contribution in [-0.2, 0) is 0 Å². The van der Waals surface area contributed by atoms with Crippen LogP contribution in [0, 0.1) is 0 Å². The quantitative estimate of drug-likeness (QED) is 0.0915. The smallest absolute Gasteiger partial charge is 0.188 e. The van der Waals surface area contributed by atoms with Gasteiger partial charge in [-0.1, -0.05) is 35.3 Å². The van der Waals surface area contributed by atoms with Gasteiger partial charge < -0.3 is 4.90 Å². The van der Waals surface area contributed by atoms with Crippen LogP contribution in [0.3, 0.4) is 0 Å². The monoisotopic (exact) mass is 662 g/mol. The minimum Gasteiger partial charge on any atom is -0.301 e. The summed E-state index contributed by atoms with van der Waals surface area (Å²) in [4.78, 5) is 42.8. The zero-order valence-corrected chi connectivity index (χ0v) is 27.3. The molecule has 0 radical (unpaired) electrons. The zero-order valence-electron chi connectivity index (χ0n) is 24.8. The molecule has 0 bridgehead atoms. The summed E-state index contributed by atoms with van der Waals surface area (Å²) >= 11 is 4.97. The van der Waals surface area contributed by atoms with E-state index in [0.717, 1.165) is 86.1 Å². The largest absolute Gasteiger partial charge is 0.301 e. The topological polar surface area (TPSA) is 119 Å². The number of nitrogens with zero attached hydrogens (tertiary/aromatic N) is 10. The van der Waals surface area contributed by atoms with Crippen molar-refractivity contribution in [1.29, 1.82) is 0 Å². The van der Waals surface area contributed by atoms with Crippen LogP contribution in [-0.4, -0.2) is 86.6 Å². The van der Waals surface area contributed by atoms with Crippen molar-refractivity contribution in [2.24, 2.45) is 0 Å². The van der Waals surface area contributed by atoms with Crippen molar-refractivity contribution >= 4 is 35.3 Å². The summed E-state index contributed by atoms with van der Waals surface area (Å²) in [5.41, 5.74) is 5.55. The molecule has 13 heteroatoms. The van der Waals surface area contributed by atoms with Gasteiger partial charge in [-0.2, -0.15) is 0 Å². The summed E-state index contributed by atoms with van der Waals surface area (Å²) in [6.07, 6.45) is 16.2. The zero-order chi connectivity index (χ0) is 31.2. The lowest BCUT2D eigenvalue weighted by Gasteiger charge is -2.21. The van der Waals surface area contributed by atoms with E-state index < -0.39 is 0 Å². The van der Waals surface area contributed by atoms with Gasteiger partial charge >= 0.3 is 0 Å². The first kappa shape index (κ1) is 31.7. The van der Waals surface area contributed by atoms with Gasteiger partial charge in [0.05, 0.1) is 17.1 Å². The molecule has 0 aliphatic heterocycles. The Kier molecular flexibility index (Phi) is 11.6. The second-order valence-corrected chi connectivity index (χ2v) is 13.0. The van der Waals surface area contributed by atoms with Gasteiger partial charge in [-0.05, 0) is 54.6 Å². The third-order valence-corrected chi connectivity index (χ3v) is 9.21. The standard InChI is InChI=1S/C33H30N10S3/c1-4-25(22-34-10-1)28-7-13-37-31(40-28)44-19-16-43(17-20-45-32-38-14-8-29(41-32)26-5-2-11-35-23-26)18-21-46-33-39-15-9-30(42-33)27-6-3-12-36-24-27/h1-15,22-24H,16-21H2. The molecular formula is C33H30N10S3. The highest BCUT2D eigenvalue weighted by Crippen LogP contribution is 2.23. The molecule has 10 nitrogen and oxygen atoms in total. The Balaban J connectivity index is 1.06. The summed E-state index contributed by atoms with van der Waals surface area (Å²) in [6, 6.07) is 17.5. The molecule has 6 aromatic rings. The van der Waals surface area contributed by atoms with Crippen molar-refractivity contribution in [3.63, 3.8) is 0 Å². The second-order valence-electron chi connectivity index (χ2n) is 9.79. The highest BCUT2D eigenvalue weighted by atomic mass is 32.2.